The Kier molecular flexibility index (Phi) is 6.29. The molecule has 2 aliphatic heterocycles. The van der Waals surface area contributed by atoms with Gasteiger partial charge in [-0.1, -0.05) is 43.4 Å². The molecular formula is C23H26IN3OS. The number of fused-ring (bicyclic) bond motifs is 1. The number of anilines is 1. The summed E-state index contributed by atoms with van der Waals surface area (Å²) in [6, 6.07) is 14.6. The highest BCUT2D eigenvalue weighted by Crippen LogP contribution is 2.41. The molecular weight excluding hydrogens is 493 g/mol. The van der Waals surface area contributed by atoms with Gasteiger partial charge in [0.1, 0.15) is 0 Å². The minimum absolute atomic E-state index is 0.0542. The van der Waals surface area contributed by atoms with Gasteiger partial charge in [-0.05, 0) is 60.3 Å². The van der Waals surface area contributed by atoms with Crippen LogP contribution in [0.2, 0.25) is 0 Å². The summed E-state index contributed by atoms with van der Waals surface area (Å²) in [5.41, 5.74) is 5.11. The maximum atomic E-state index is 12.4. The lowest BCUT2D eigenvalue weighted by Gasteiger charge is -2.44. The molecule has 2 aliphatic rings. The molecule has 6 heteroatoms. The molecule has 1 saturated heterocycles. The number of hydrogen-bond donors (Lipinski definition) is 3. The Bertz CT molecular complexity index is 966. The third-order valence-electron chi connectivity index (χ3n) is 5.63. The highest BCUT2D eigenvalue weighted by atomic mass is 127. The number of carbonyl (C=O) groups excluding carboxylic acids is 1. The molecule has 2 aromatic rings. The molecule has 1 fully saturated rings. The van der Waals surface area contributed by atoms with Crippen LogP contribution in [-0.2, 0) is 6.54 Å². The molecule has 0 aromatic heterocycles. The summed E-state index contributed by atoms with van der Waals surface area (Å²) < 4.78 is 5.46. The lowest BCUT2D eigenvalue weighted by molar-refractivity contribution is 0.0963. The number of hydrogen-bond acceptors (Lipinski definition) is 4. The lowest BCUT2D eigenvalue weighted by Crippen LogP contribution is -2.49. The molecule has 0 radical (unpaired) electrons. The van der Waals surface area contributed by atoms with Crippen LogP contribution in [0.4, 0.5) is 5.69 Å². The van der Waals surface area contributed by atoms with E-state index in [0.717, 1.165) is 42.1 Å². The van der Waals surface area contributed by atoms with Crippen molar-refractivity contribution in [1.82, 2.24) is 10.6 Å². The summed E-state index contributed by atoms with van der Waals surface area (Å²) in [4.78, 5) is 12.4. The van der Waals surface area contributed by atoms with Crippen molar-refractivity contribution < 1.29 is 4.79 Å². The van der Waals surface area contributed by atoms with Gasteiger partial charge in [-0.25, -0.2) is 0 Å². The van der Waals surface area contributed by atoms with E-state index in [9.17, 15) is 4.79 Å². The number of benzene rings is 2. The molecule has 2 heterocycles. The average molecular weight is 519 g/mol. The second-order valence-electron chi connectivity index (χ2n) is 7.34. The lowest BCUT2D eigenvalue weighted by atomic mass is 9.82. The molecule has 0 unspecified atom stereocenters. The van der Waals surface area contributed by atoms with Gasteiger partial charge in [0.2, 0.25) is 0 Å². The van der Waals surface area contributed by atoms with E-state index >= 15 is 0 Å². The molecule has 152 valence electrons. The van der Waals surface area contributed by atoms with Gasteiger partial charge in [0.05, 0.1) is 5.54 Å². The van der Waals surface area contributed by atoms with E-state index in [2.05, 4.69) is 56.9 Å². The monoisotopic (exact) mass is 519 g/mol. The van der Waals surface area contributed by atoms with Gasteiger partial charge in [0.25, 0.3) is 5.91 Å². The maximum Gasteiger partial charge on any atom is 0.251 e. The zero-order valence-corrected chi connectivity index (χ0v) is 19.5. The van der Waals surface area contributed by atoms with Crippen LogP contribution in [0.25, 0.3) is 6.08 Å². The summed E-state index contributed by atoms with van der Waals surface area (Å²) in [5, 5.41) is 10.3. The van der Waals surface area contributed by atoms with E-state index in [1.54, 1.807) is 7.05 Å². The fourth-order valence-electron chi connectivity index (χ4n) is 4.03. The summed E-state index contributed by atoms with van der Waals surface area (Å²) in [6.07, 6.45) is 4.35. The van der Waals surface area contributed by atoms with Crippen molar-refractivity contribution in [3.05, 3.63) is 68.4 Å². The van der Waals surface area contributed by atoms with Crippen LogP contribution in [0.5, 0.6) is 0 Å². The first-order valence-corrected chi connectivity index (χ1v) is 13.6. The van der Waals surface area contributed by atoms with Crippen LogP contribution < -0.4 is 16.0 Å². The first-order valence-electron chi connectivity index (χ1n) is 9.79. The number of rotatable bonds is 5. The Hall–Kier alpha value is -1.80. The fourth-order valence-corrected chi connectivity index (χ4v) is 6.30. The molecule has 0 aliphatic carbocycles. The Morgan fingerprint density at radius 3 is 2.79 bits per heavy atom. The zero-order chi connectivity index (χ0) is 20.3. The number of nitrogens with one attached hydrogen (secondary N) is 3. The first-order chi connectivity index (χ1) is 14.1. The minimum Gasteiger partial charge on any atom is -0.382 e. The van der Waals surface area contributed by atoms with Crippen LogP contribution in [0.15, 0.2) is 48.2 Å². The molecule has 4 rings (SSSR count). The second-order valence-corrected chi connectivity index (χ2v) is 10.6. The van der Waals surface area contributed by atoms with Crippen molar-refractivity contribution in [2.45, 2.75) is 24.9 Å². The van der Waals surface area contributed by atoms with Gasteiger partial charge in [-0.15, -0.1) is 0 Å². The van der Waals surface area contributed by atoms with Gasteiger partial charge in [0, 0.05) is 39.7 Å². The van der Waals surface area contributed by atoms with Gasteiger partial charge in [-0.3, -0.25) is 4.79 Å². The topological polar surface area (TPSA) is 53.2 Å². The van der Waals surface area contributed by atoms with Crippen LogP contribution in [0.1, 0.15) is 34.3 Å². The van der Waals surface area contributed by atoms with E-state index in [1.165, 1.54) is 14.8 Å². The Morgan fingerprint density at radius 1 is 1.24 bits per heavy atom. The first kappa shape index (κ1) is 20.5. The third-order valence-corrected chi connectivity index (χ3v) is 8.17. The molecule has 1 spiro atoms. The Labute approximate surface area is 186 Å². The Balaban J connectivity index is 1.70. The zero-order valence-electron chi connectivity index (χ0n) is 16.6. The smallest absolute Gasteiger partial charge is 0.251 e. The third kappa shape index (κ3) is 4.23. The van der Waals surface area contributed by atoms with Crippen molar-refractivity contribution in [1.29, 1.82) is 0 Å². The van der Waals surface area contributed by atoms with E-state index in [0.29, 0.717) is 5.56 Å². The molecule has 1 amide bonds. The van der Waals surface area contributed by atoms with Crippen LogP contribution in [0, 0.1) is 3.57 Å². The summed E-state index contributed by atoms with van der Waals surface area (Å²) in [5.74, 6) is 2.22. The standard InChI is InChI=1S/C23H26IN3OS/c1-24-17-6-3-5-16(13-17)15-26-21-14-19-18(22(28)25-2)7-4-8-20(19)27-23(21)9-11-29-12-10-23/h3-8,13-14,26-27H,1,9-12,15H2,2H3,(H,25,28). The molecule has 0 atom stereocenters. The van der Waals surface area contributed by atoms with Crippen LogP contribution in [-0.4, -0.2) is 34.5 Å². The van der Waals surface area contributed by atoms with E-state index in [4.69, 9.17) is 0 Å². The van der Waals surface area contributed by atoms with E-state index in [-0.39, 0.29) is 32.2 Å². The highest BCUT2D eigenvalue weighted by Gasteiger charge is 2.39. The van der Waals surface area contributed by atoms with Gasteiger partial charge >= 0.3 is 0 Å². The average Bonchev–Trinajstić information content (AvgIpc) is 2.77. The van der Waals surface area contributed by atoms with Crippen molar-refractivity contribution >= 4 is 54.7 Å². The van der Waals surface area contributed by atoms with Crippen molar-refractivity contribution in [2.75, 3.05) is 23.9 Å². The van der Waals surface area contributed by atoms with Gasteiger partial charge in [0.15, 0.2) is 0 Å². The number of thioether (sulfide) groups is 1. The molecule has 3 N–H and O–H groups in total. The highest BCUT2D eigenvalue weighted by molar-refractivity contribution is 14.2. The molecule has 0 bridgehead atoms. The van der Waals surface area contributed by atoms with Crippen molar-refractivity contribution in [3.8, 4) is 0 Å². The van der Waals surface area contributed by atoms with Crippen molar-refractivity contribution in [3.63, 3.8) is 0 Å². The van der Waals surface area contributed by atoms with Crippen LogP contribution >= 0.6 is 32.5 Å². The van der Waals surface area contributed by atoms with E-state index in [1.807, 2.05) is 23.9 Å². The molecule has 29 heavy (non-hydrogen) atoms. The predicted octanol–water partition coefficient (Wildman–Crippen LogP) is 4.44. The van der Waals surface area contributed by atoms with Crippen molar-refractivity contribution in [2.24, 2.45) is 0 Å². The fraction of sp³-hybridized carbons (Fsp3) is 0.304. The summed E-state index contributed by atoms with van der Waals surface area (Å²) in [7, 11) is 1.68. The Morgan fingerprint density at radius 2 is 2.03 bits per heavy atom. The van der Waals surface area contributed by atoms with Crippen LogP contribution in [0.3, 0.4) is 0 Å². The number of carbonyl (C=O) groups is 1. The maximum absolute atomic E-state index is 12.4. The largest absolute Gasteiger partial charge is 0.382 e. The molecule has 0 saturated carbocycles. The van der Waals surface area contributed by atoms with Gasteiger partial charge in [-0.2, -0.15) is 11.8 Å². The van der Waals surface area contributed by atoms with E-state index < -0.39 is 0 Å². The predicted molar refractivity (Wildman–Crippen MR) is 134 cm³/mol. The second kappa shape index (κ2) is 8.92. The summed E-state index contributed by atoms with van der Waals surface area (Å²) in [6.45, 7) is 0.775. The van der Waals surface area contributed by atoms with Gasteiger partial charge < -0.3 is 16.0 Å². The number of amides is 1. The summed E-state index contributed by atoms with van der Waals surface area (Å²) >= 11 is 1.86. The minimum atomic E-state index is -0.155. The molecule has 4 nitrogen and oxygen atoms in total. The number of halogens is 1. The SMILES string of the molecule is C=Ic1cccc(CNC2=Cc3c(cccc3C(=O)NC)NC23CCSCC3)c1. The normalized spacial score (nSPS) is 17.1. The quantitative estimate of drug-likeness (QED) is 0.512. The molecule has 2 aromatic carbocycles.